The maximum Gasteiger partial charge on any atom is 0.236 e. The Hall–Kier alpha value is -3.47. The lowest BCUT2D eigenvalue weighted by Crippen LogP contribution is -2.17. The molecule has 1 saturated heterocycles. The summed E-state index contributed by atoms with van der Waals surface area (Å²) in [6.07, 6.45) is 3.63. The van der Waals surface area contributed by atoms with Gasteiger partial charge in [-0.15, -0.1) is 15.3 Å². The molecular formula is C25H28N6O4S. The number of fused-ring (bicyclic) bond motifs is 1. The zero-order valence-corrected chi connectivity index (χ0v) is 21.5. The molecule has 36 heavy (non-hydrogen) atoms. The lowest BCUT2D eigenvalue weighted by molar-refractivity contribution is 0.0981. The van der Waals surface area contributed by atoms with Gasteiger partial charge in [-0.2, -0.15) is 4.52 Å². The maximum absolute atomic E-state index is 12.6. The fourth-order valence-corrected chi connectivity index (χ4v) is 5.73. The third-order valence-electron chi connectivity index (χ3n) is 6.18. The number of Topliss-reactive ketones (excluding diaryl/α,β-unsaturated/α-hetero) is 1. The quantitative estimate of drug-likeness (QED) is 0.342. The van der Waals surface area contributed by atoms with Crippen molar-refractivity contribution >= 4 is 22.2 Å². The zero-order valence-electron chi connectivity index (χ0n) is 20.7. The number of aryl methyl sites for hydroxylation is 1. The molecule has 0 aliphatic carbocycles. The van der Waals surface area contributed by atoms with Crippen molar-refractivity contribution in [2.24, 2.45) is 0 Å². The Morgan fingerprint density at radius 2 is 2.08 bits per heavy atom. The Balaban J connectivity index is 1.36. The van der Waals surface area contributed by atoms with E-state index in [1.54, 1.807) is 35.8 Å². The highest BCUT2D eigenvalue weighted by atomic mass is 32.2. The van der Waals surface area contributed by atoms with Gasteiger partial charge in [-0.3, -0.25) is 14.0 Å². The largest absolute Gasteiger partial charge is 0.470 e. The van der Waals surface area contributed by atoms with Crippen LogP contribution in [0.3, 0.4) is 0 Å². The molecule has 0 bridgehead atoms. The van der Waals surface area contributed by atoms with Gasteiger partial charge in [0.05, 0.1) is 5.69 Å². The molecule has 2 atom stereocenters. The first kappa shape index (κ1) is 24.2. The molecule has 1 unspecified atom stereocenters. The minimum absolute atomic E-state index is 0.0272. The number of nitrogens with zero attached hydrogens (tertiary/aromatic N) is 6. The van der Waals surface area contributed by atoms with Gasteiger partial charge < -0.3 is 9.26 Å². The van der Waals surface area contributed by atoms with Crippen LogP contribution in [0.1, 0.15) is 67.4 Å². The molecule has 0 spiro atoms. The lowest BCUT2D eigenvalue weighted by Gasteiger charge is -2.21. The van der Waals surface area contributed by atoms with Gasteiger partial charge in [-0.1, -0.05) is 25.9 Å². The van der Waals surface area contributed by atoms with Crippen molar-refractivity contribution in [1.82, 2.24) is 30.0 Å². The van der Waals surface area contributed by atoms with Crippen LogP contribution in [0.5, 0.6) is 5.88 Å². The molecule has 4 aromatic heterocycles. The summed E-state index contributed by atoms with van der Waals surface area (Å²) >= 11 is 0. The van der Waals surface area contributed by atoms with Gasteiger partial charge in [0.1, 0.15) is 12.4 Å². The van der Waals surface area contributed by atoms with Crippen LogP contribution in [-0.4, -0.2) is 50.9 Å². The molecule has 188 valence electrons. The second-order valence-corrected chi connectivity index (χ2v) is 11.9. The van der Waals surface area contributed by atoms with Gasteiger partial charge in [0.25, 0.3) is 0 Å². The van der Waals surface area contributed by atoms with Crippen LogP contribution in [0.25, 0.3) is 17.2 Å². The van der Waals surface area contributed by atoms with E-state index in [2.05, 4.69) is 46.2 Å². The maximum atomic E-state index is 12.6. The van der Waals surface area contributed by atoms with E-state index < -0.39 is 10.8 Å². The summed E-state index contributed by atoms with van der Waals surface area (Å²) in [4.78, 5) is 17.0. The Kier molecular flexibility index (Phi) is 6.42. The van der Waals surface area contributed by atoms with Gasteiger partial charge in [-0.25, -0.2) is 0 Å². The van der Waals surface area contributed by atoms with Crippen molar-refractivity contribution in [3.8, 4) is 17.4 Å². The van der Waals surface area contributed by atoms with Crippen molar-refractivity contribution < 1.29 is 18.3 Å². The molecule has 5 rings (SSSR count). The highest BCUT2D eigenvalue weighted by Crippen LogP contribution is 2.32. The van der Waals surface area contributed by atoms with E-state index in [1.165, 1.54) is 0 Å². The third kappa shape index (κ3) is 4.92. The fraction of sp³-hybridized carbons (Fsp3) is 0.440. The number of carbonyl (C=O) groups excluding carboxylic acids is 1. The first-order chi connectivity index (χ1) is 17.2. The van der Waals surface area contributed by atoms with Gasteiger partial charge in [0.2, 0.25) is 11.7 Å². The second-order valence-electron chi connectivity index (χ2n) is 10.0. The molecule has 11 heteroatoms. The minimum atomic E-state index is -0.902. The van der Waals surface area contributed by atoms with Crippen molar-refractivity contribution in [2.75, 3.05) is 5.75 Å². The summed E-state index contributed by atoms with van der Waals surface area (Å²) in [6.45, 7) is 8.19. The Bertz CT molecular complexity index is 1440. The number of ketones is 1. The summed E-state index contributed by atoms with van der Waals surface area (Å²) in [7, 11) is -0.902. The summed E-state index contributed by atoms with van der Waals surface area (Å²) in [5.41, 5.74) is 2.91. The SMILES string of the molecule is Cc1cc(-c2nnc3cc(C(C)(C)C)c(OCc4ccc(C(=O)C[C@H]5CCCS5=O)cn4)nn23)no1. The molecule has 0 amide bonds. The minimum Gasteiger partial charge on any atom is -0.470 e. The number of hydrogen-bond acceptors (Lipinski definition) is 9. The third-order valence-corrected chi connectivity index (χ3v) is 8.02. The predicted octanol–water partition coefficient (Wildman–Crippen LogP) is 3.84. The average molecular weight is 509 g/mol. The first-order valence-corrected chi connectivity index (χ1v) is 13.3. The Labute approximate surface area is 210 Å². The van der Waals surface area contributed by atoms with Crippen LogP contribution < -0.4 is 4.74 Å². The highest BCUT2D eigenvalue weighted by molar-refractivity contribution is 7.85. The Morgan fingerprint density at radius 1 is 1.25 bits per heavy atom. The molecule has 0 aromatic carbocycles. The molecule has 0 saturated carbocycles. The first-order valence-electron chi connectivity index (χ1n) is 11.9. The fourth-order valence-electron chi connectivity index (χ4n) is 4.18. The normalized spacial score (nSPS) is 18.1. The number of carbonyl (C=O) groups is 1. The summed E-state index contributed by atoms with van der Waals surface area (Å²) in [5.74, 6) is 2.21. The molecule has 10 nitrogen and oxygen atoms in total. The van der Waals surface area contributed by atoms with Crippen LogP contribution in [0.15, 0.2) is 35.0 Å². The zero-order chi connectivity index (χ0) is 25.4. The predicted molar refractivity (Wildman–Crippen MR) is 133 cm³/mol. The number of ether oxygens (including phenoxy) is 1. The van der Waals surface area contributed by atoms with Crippen molar-refractivity contribution in [3.05, 3.63) is 53.0 Å². The van der Waals surface area contributed by atoms with Gasteiger partial charge >= 0.3 is 0 Å². The molecule has 0 radical (unpaired) electrons. The van der Waals surface area contributed by atoms with Gasteiger partial charge in [0, 0.05) is 51.6 Å². The summed E-state index contributed by atoms with van der Waals surface area (Å²) < 4.78 is 24.9. The Morgan fingerprint density at radius 3 is 2.72 bits per heavy atom. The average Bonchev–Trinajstić information content (AvgIpc) is 3.56. The summed E-state index contributed by atoms with van der Waals surface area (Å²) in [5, 5.41) is 17.2. The van der Waals surface area contributed by atoms with E-state index in [1.807, 2.05) is 6.07 Å². The van der Waals surface area contributed by atoms with Crippen molar-refractivity contribution in [3.63, 3.8) is 0 Å². The molecule has 1 fully saturated rings. The van der Waals surface area contributed by atoms with Crippen molar-refractivity contribution in [2.45, 2.75) is 64.2 Å². The highest BCUT2D eigenvalue weighted by Gasteiger charge is 2.27. The van der Waals surface area contributed by atoms with E-state index in [0.29, 0.717) is 52.2 Å². The van der Waals surface area contributed by atoms with Crippen LogP contribution in [0.4, 0.5) is 0 Å². The van der Waals surface area contributed by atoms with Crippen LogP contribution in [-0.2, 0) is 22.8 Å². The van der Waals surface area contributed by atoms with E-state index in [-0.39, 0.29) is 23.1 Å². The molecule has 5 heterocycles. The van der Waals surface area contributed by atoms with Gasteiger partial charge in [-0.05, 0) is 43.4 Å². The van der Waals surface area contributed by atoms with E-state index in [4.69, 9.17) is 9.26 Å². The van der Waals surface area contributed by atoms with Crippen molar-refractivity contribution in [1.29, 1.82) is 0 Å². The number of hydrogen-bond donors (Lipinski definition) is 0. The number of rotatable bonds is 7. The van der Waals surface area contributed by atoms with Crippen LogP contribution in [0.2, 0.25) is 0 Å². The van der Waals surface area contributed by atoms with Gasteiger partial charge in [0.15, 0.2) is 17.1 Å². The lowest BCUT2D eigenvalue weighted by atomic mass is 9.88. The molecule has 1 aliphatic heterocycles. The molecule has 1 aliphatic rings. The van der Waals surface area contributed by atoms with Crippen LogP contribution in [0, 0.1) is 6.92 Å². The topological polar surface area (TPSA) is 125 Å². The van der Waals surface area contributed by atoms with E-state index >= 15 is 0 Å². The number of pyridine rings is 1. The number of aromatic nitrogens is 6. The molecular weight excluding hydrogens is 480 g/mol. The van der Waals surface area contributed by atoms with Crippen LogP contribution >= 0.6 is 0 Å². The molecule has 0 N–H and O–H groups in total. The smallest absolute Gasteiger partial charge is 0.236 e. The monoisotopic (exact) mass is 508 g/mol. The second kappa shape index (κ2) is 9.53. The van der Waals surface area contributed by atoms with E-state index in [9.17, 15) is 9.00 Å². The standard InChI is InChI=1S/C25H28N6O4S/c1-15-10-20(30-35-15)23-28-27-22-12-19(25(2,3)4)24(29-31(22)23)34-14-17-8-7-16(13-26-17)21(32)11-18-6-5-9-36(18)33/h7-8,10,12-13,18H,5-6,9,11,14H2,1-4H3/t18-,36?/m1/s1. The summed E-state index contributed by atoms with van der Waals surface area (Å²) in [6, 6.07) is 7.20. The molecule has 4 aromatic rings. The van der Waals surface area contributed by atoms with E-state index in [0.717, 1.165) is 18.4 Å².